The largest absolute Gasteiger partial charge is 0.394 e. The van der Waals surface area contributed by atoms with E-state index in [1.165, 1.54) is 17.1 Å². The van der Waals surface area contributed by atoms with Gasteiger partial charge in [-0.15, -0.1) is 0 Å². The maximum atomic E-state index is 12.3. The highest BCUT2D eigenvalue weighted by Gasteiger charge is 2.17. The van der Waals surface area contributed by atoms with Gasteiger partial charge >= 0.3 is 0 Å². The van der Waals surface area contributed by atoms with E-state index < -0.39 is 10.0 Å². The van der Waals surface area contributed by atoms with Crippen LogP contribution in [-0.4, -0.2) is 29.9 Å². The topological polar surface area (TPSA) is 84.2 Å². The molecule has 0 saturated heterocycles. The number of sulfonamides is 1. The van der Waals surface area contributed by atoms with E-state index in [-0.39, 0.29) is 18.0 Å². The van der Waals surface area contributed by atoms with Crippen LogP contribution in [0.15, 0.2) is 35.5 Å². The summed E-state index contributed by atoms with van der Waals surface area (Å²) in [5.74, 6) is 0. The van der Waals surface area contributed by atoms with Crippen molar-refractivity contribution in [2.45, 2.75) is 25.3 Å². The molecule has 0 aliphatic heterocycles. The molecule has 1 heterocycles. The summed E-state index contributed by atoms with van der Waals surface area (Å²) >= 11 is 0. The van der Waals surface area contributed by atoms with Crippen molar-refractivity contribution in [2.75, 3.05) is 11.3 Å². The lowest BCUT2D eigenvalue weighted by Gasteiger charge is -2.10. The van der Waals surface area contributed by atoms with E-state index in [1.807, 2.05) is 19.9 Å². The Bertz CT molecular complexity index is 707. The van der Waals surface area contributed by atoms with Gasteiger partial charge in [0.15, 0.2) is 0 Å². The second-order valence-corrected chi connectivity index (χ2v) is 6.20. The molecular weight excluding hydrogens is 278 g/mol. The van der Waals surface area contributed by atoms with Crippen molar-refractivity contribution >= 4 is 15.7 Å². The second kappa shape index (κ2) is 5.64. The molecule has 0 aliphatic carbocycles. The standard InChI is InChI=1S/C13H17N3O3S/c1-10-4-3-5-13(11(10)2)15-20(18,19)12-8-14-16(9-12)6-7-17/h3-5,8-9,15,17H,6-7H2,1-2H3. The van der Waals surface area contributed by atoms with Crippen molar-refractivity contribution in [3.8, 4) is 0 Å². The predicted molar refractivity (Wildman–Crippen MR) is 76.0 cm³/mol. The minimum atomic E-state index is -3.67. The normalized spacial score (nSPS) is 11.6. The molecule has 20 heavy (non-hydrogen) atoms. The number of aryl methyl sites for hydroxylation is 1. The van der Waals surface area contributed by atoms with Gasteiger partial charge in [0.1, 0.15) is 4.90 Å². The molecule has 1 aromatic carbocycles. The Labute approximate surface area is 118 Å². The van der Waals surface area contributed by atoms with Gasteiger partial charge in [0.25, 0.3) is 10.0 Å². The third-order valence-electron chi connectivity index (χ3n) is 3.10. The van der Waals surface area contributed by atoms with Crippen LogP contribution in [0.2, 0.25) is 0 Å². The van der Waals surface area contributed by atoms with Crippen LogP contribution in [0.4, 0.5) is 5.69 Å². The first-order valence-corrected chi connectivity index (χ1v) is 7.64. The molecule has 0 bridgehead atoms. The molecule has 0 unspecified atom stereocenters. The van der Waals surface area contributed by atoms with Crippen LogP contribution in [0.25, 0.3) is 0 Å². The summed E-state index contributed by atoms with van der Waals surface area (Å²) in [4.78, 5) is 0.0758. The van der Waals surface area contributed by atoms with Crippen molar-refractivity contribution in [3.05, 3.63) is 41.7 Å². The van der Waals surface area contributed by atoms with Gasteiger partial charge in [0.2, 0.25) is 0 Å². The highest BCUT2D eigenvalue weighted by atomic mass is 32.2. The zero-order chi connectivity index (χ0) is 14.8. The van der Waals surface area contributed by atoms with Gasteiger partial charge in [-0.05, 0) is 31.0 Å². The Balaban J connectivity index is 2.28. The highest BCUT2D eigenvalue weighted by molar-refractivity contribution is 7.92. The van der Waals surface area contributed by atoms with E-state index in [1.54, 1.807) is 12.1 Å². The van der Waals surface area contributed by atoms with Crippen LogP contribution in [0.1, 0.15) is 11.1 Å². The number of hydrogen-bond acceptors (Lipinski definition) is 4. The molecule has 7 heteroatoms. The van der Waals surface area contributed by atoms with Gasteiger partial charge in [-0.3, -0.25) is 9.40 Å². The Morgan fingerprint density at radius 1 is 1.35 bits per heavy atom. The summed E-state index contributed by atoms with van der Waals surface area (Å²) in [5, 5.41) is 12.7. The Morgan fingerprint density at radius 3 is 2.80 bits per heavy atom. The number of aliphatic hydroxyl groups excluding tert-OH is 1. The lowest BCUT2D eigenvalue weighted by molar-refractivity contribution is 0.269. The molecule has 108 valence electrons. The molecule has 2 aromatic rings. The summed E-state index contributed by atoms with van der Waals surface area (Å²) < 4.78 is 28.5. The summed E-state index contributed by atoms with van der Waals surface area (Å²) in [6.45, 7) is 3.96. The first-order chi connectivity index (χ1) is 9.44. The number of nitrogens with zero attached hydrogens (tertiary/aromatic N) is 2. The van der Waals surface area contributed by atoms with Gasteiger partial charge in [0.05, 0.1) is 25.0 Å². The summed E-state index contributed by atoms with van der Waals surface area (Å²) in [6, 6.07) is 5.44. The molecule has 0 atom stereocenters. The van der Waals surface area contributed by atoms with Gasteiger partial charge < -0.3 is 5.11 Å². The Morgan fingerprint density at radius 2 is 2.10 bits per heavy atom. The summed E-state index contributed by atoms with van der Waals surface area (Å²) in [6.07, 6.45) is 2.66. The van der Waals surface area contributed by atoms with Gasteiger partial charge in [-0.1, -0.05) is 12.1 Å². The molecule has 0 saturated carbocycles. The zero-order valence-corrected chi connectivity index (χ0v) is 12.2. The summed E-state index contributed by atoms with van der Waals surface area (Å²) in [5.41, 5.74) is 2.46. The number of aliphatic hydroxyl groups is 1. The van der Waals surface area contributed by atoms with Crippen molar-refractivity contribution in [1.82, 2.24) is 9.78 Å². The fourth-order valence-corrected chi connectivity index (χ4v) is 2.85. The highest BCUT2D eigenvalue weighted by Crippen LogP contribution is 2.21. The van der Waals surface area contributed by atoms with E-state index in [0.29, 0.717) is 5.69 Å². The maximum Gasteiger partial charge on any atom is 0.265 e. The van der Waals surface area contributed by atoms with Crippen LogP contribution in [0.3, 0.4) is 0 Å². The predicted octanol–water partition coefficient (Wildman–Crippen LogP) is 1.29. The Kier molecular flexibility index (Phi) is 4.10. The van der Waals surface area contributed by atoms with Crippen LogP contribution in [0, 0.1) is 13.8 Å². The number of rotatable bonds is 5. The van der Waals surface area contributed by atoms with E-state index in [2.05, 4.69) is 9.82 Å². The molecule has 6 nitrogen and oxygen atoms in total. The average molecular weight is 295 g/mol. The van der Waals surface area contributed by atoms with Crippen molar-refractivity contribution < 1.29 is 13.5 Å². The molecule has 0 aliphatic rings. The van der Waals surface area contributed by atoms with E-state index in [4.69, 9.17) is 5.11 Å². The SMILES string of the molecule is Cc1cccc(NS(=O)(=O)c2cnn(CCO)c2)c1C. The average Bonchev–Trinajstić information content (AvgIpc) is 2.85. The first-order valence-electron chi connectivity index (χ1n) is 6.16. The lowest BCUT2D eigenvalue weighted by atomic mass is 10.1. The van der Waals surface area contributed by atoms with Gasteiger partial charge in [-0.2, -0.15) is 5.10 Å². The number of hydrogen-bond donors (Lipinski definition) is 2. The molecule has 2 N–H and O–H groups in total. The summed E-state index contributed by atoms with van der Waals surface area (Å²) in [7, 11) is -3.67. The number of nitrogens with one attached hydrogen (secondary N) is 1. The zero-order valence-electron chi connectivity index (χ0n) is 11.4. The minimum absolute atomic E-state index is 0.0758. The smallest absolute Gasteiger partial charge is 0.265 e. The molecule has 0 radical (unpaired) electrons. The minimum Gasteiger partial charge on any atom is -0.394 e. The third kappa shape index (κ3) is 3.00. The second-order valence-electron chi connectivity index (χ2n) is 4.52. The van der Waals surface area contributed by atoms with Gasteiger partial charge in [-0.25, -0.2) is 8.42 Å². The van der Waals surface area contributed by atoms with Crippen molar-refractivity contribution in [1.29, 1.82) is 0 Å². The van der Waals surface area contributed by atoms with E-state index in [9.17, 15) is 8.42 Å². The molecule has 1 aromatic heterocycles. The van der Waals surface area contributed by atoms with Gasteiger partial charge in [0, 0.05) is 6.20 Å². The third-order valence-corrected chi connectivity index (χ3v) is 4.42. The quantitative estimate of drug-likeness (QED) is 0.870. The van der Waals surface area contributed by atoms with E-state index in [0.717, 1.165) is 11.1 Å². The fraction of sp³-hybridized carbons (Fsp3) is 0.308. The molecule has 0 fully saturated rings. The van der Waals surface area contributed by atoms with Crippen molar-refractivity contribution in [2.24, 2.45) is 0 Å². The molecule has 0 spiro atoms. The van der Waals surface area contributed by atoms with Crippen LogP contribution in [-0.2, 0) is 16.6 Å². The lowest BCUT2D eigenvalue weighted by Crippen LogP contribution is -2.13. The number of benzene rings is 1. The first kappa shape index (κ1) is 14.5. The van der Waals surface area contributed by atoms with Crippen LogP contribution in [0.5, 0.6) is 0 Å². The molecule has 2 rings (SSSR count). The van der Waals surface area contributed by atoms with Crippen molar-refractivity contribution in [3.63, 3.8) is 0 Å². The Hall–Kier alpha value is -1.86. The van der Waals surface area contributed by atoms with E-state index >= 15 is 0 Å². The molecular formula is C13H17N3O3S. The number of anilines is 1. The van der Waals surface area contributed by atoms with Crippen LogP contribution < -0.4 is 4.72 Å². The van der Waals surface area contributed by atoms with Crippen LogP contribution >= 0.6 is 0 Å². The number of aromatic nitrogens is 2. The monoisotopic (exact) mass is 295 g/mol. The molecule has 0 amide bonds. The maximum absolute atomic E-state index is 12.3. The fourth-order valence-electron chi connectivity index (χ4n) is 1.77.